The van der Waals surface area contributed by atoms with E-state index in [1.54, 1.807) is 6.08 Å². The van der Waals surface area contributed by atoms with Crippen LogP contribution in [0.4, 0.5) is 5.82 Å². The van der Waals surface area contributed by atoms with Gasteiger partial charge in [-0.3, -0.25) is 0 Å². The maximum atomic E-state index is 12.2. The van der Waals surface area contributed by atoms with E-state index in [1.165, 1.54) is 4.68 Å². The largest absolute Gasteiger partial charge is 0.382 e. The molecule has 0 bridgehead atoms. The summed E-state index contributed by atoms with van der Waals surface area (Å²) in [7, 11) is -3.55. The predicted octanol–water partition coefficient (Wildman–Crippen LogP) is 3.16. The number of nitrogens with two attached hydrogens (primary N) is 1. The van der Waals surface area contributed by atoms with Gasteiger partial charge < -0.3 is 5.73 Å². The van der Waals surface area contributed by atoms with E-state index in [2.05, 4.69) is 15.9 Å². The summed E-state index contributed by atoms with van der Waals surface area (Å²) < 4.78 is 28.4. The van der Waals surface area contributed by atoms with Crippen LogP contribution in [0.15, 0.2) is 60.0 Å². The highest BCUT2D eigenvalue weighted by atomic mass is 32.2. The lowest BCUT2D eigenvalue weighted by molar-refractivity contribution is 0.588. The molecule has 0 saturated heterocycles. The molecule has 1 aromatic heterocycles. The SMILES string of the molecule is Cc1ccc(C=CS(=O)(=O)NCCCc2nn(-c3ccccc3)c(N)c2C#N)cc1. The molecule has 0 aliphatic heterocycles. The Labute approximate surface area is 176 Å². The highest BCUT2D eigenvalue weighted by molar-refractivity contribution is 7.92. The molecule has 8 heteroatoms. The summed E-state index contributed by atoms with van der Waals surface area (Å²) in [5.41, 5.74) is 9.64. The fourth-order valence-electron chi connectivity index (χ4n) is 2.91. The molecule has 0 saturated carbocycles. The molecule has 30 heavy (non-hydrogen) atoms. The van der Waals surface area contributed by atoms with Gasteiger partial charge in [-0.1, -0.05) is 48.0 Å². The minimum Gasteiger partial charge on any atom is -0.382 e. The first-order chi connectivity index (χ1) is 14.4. The van der Waals surface area contributed by atoms with Crippen molar-refractivity contribution >= 4 is 21.9 Å². The molecule has 154 valence electrons. The summed E-state index contributed by atoms with van der Waals surface area (Å²) in [6, 6.07) is 19.0. The molecule has 3 rings (SSSR count). The third-order valence-corrected chi connectivity index (χ3v) is 5.62. The Bertz CT molecular complexity index is 1170. The lowest BCUT2D eigenvalue weighted by Crippen LogP contribution is -2.22. The summed E-state index contributed by atoms with van der Waals surface area (Å²) >= 11 is 0. The first kappa shape index (κ1) is 21.3. The summed E-state index contributed by atoms with van der Waals surface area (Å²) in [4.78, 5) is 0. The van der Waals surface area contributed by atoms with Crippen LogP contribution in [0.1, 0.15) is 28.8 Å². The normalized spacial score (nSPS) is 11.6. The van der Waals surface area contributed by atoms with Gasteiger partial charge >= 0.3 is 0 Å². The topological polar surface area (TPSA) is 114 Å². The molecule has 0 aliphatic rings. The van der Waals surface area contributed by atoms with Crippen molar-refractivity contribution in [2.75, 3.05) is 12.3 Å². The molecular weight excluding hydrogens is 398 g/mol. The molecule has 0 amide bonds. The van der Waals surface area contributed by atoms with Crippen molar-refractivity contribution < 1.29 is 8.42 Å². The number of benzene rings is 2. The highest BCUT2D eigenvalue weighted by Gasteiger charge is 2.16. The van der Waals surface area contributed by atoms with Gasteiger partial charge in [-0.15, -0.1) is 0 Å². The average Bonchev–Trinajstić information content (AvgIpc) is 3.07. The number of aromatic nitrogens is 2. The molecule has 0 unspecified atom stereocenters. The molecule has 0 spiro atoms. The fourth-order valence-corrected chi connectivity index (χ4v) is 3.77. The number of nitrogens with zero attached hydrogens (tertiary/aromatic N) is 3. The number of nitriles is 1. The maximum absolute atomic E-state index is 12.2. The lowest BCUT2D eigenvalue weighted by atomic mass is 10.1. The van der Waals surface area contributed by atoms with E-state index in [9.17, 15) is 13.7 Å². The van der Waals surface area contributed by atoms with Crippen LogP contribution in [0.3, 0.4) is 0 Å². The minimum atomic E-state index is -3.55. The Morgan fingerprint density at radius 3 is 2.53 bits per heavy atom. The maximum Gasteiger partial charge on any atom is 0.233 e. The van der Waals surface area contributed by atoms with Gasteiger partial charge in [0.25, 0.3) is 0 Å². The Morgan fingerprint density at radius 2 is 1.87 bits per heavy atom. The molecule has 3 aromatic rings. The summed E-state index contributed by atoms with van der Waals surface area (Å²) in [6.07, 6.45) is 2.46. The number of aryl methyl sites for hydroxylation is 2. The van der Waals surface area contributed by atoms with Crippen LogP contribution in [0, 0.1) is 18.3 Å². The van der Waals surface area contributed by atoms with Crippen LogP contribution in [0.25, 0.3) is 11.8 Å². The summed E-state index contributed by atoms with van der Waals surface area (Å²) in [5, 5.41) is 15.0. The molecular formula is C22H23N5O2S. The zero-order chi connectivity index (χ0) is 21.6. The molecule has 1 heterocycles. The van der Waals surface area contributed by atoms with Gasteiger partial charge in [0.15, 0.2) is 0 Å². The monoisotopic (exact) mass is 421 g/mol. The van der Waals surface area contributed by atoms with Crippen molar-refractivity contribution in [3.05, 3.63) is 82.4 Å². The van der Waals surface area contributed by atoms with E-state index in [4.69, 9.17) is 5.73 Å². The predicted molar refractivity (Wildman–Crippen MR) is 118 cm³/mol. The van der Waals surface area contributed by atoms with Gasteiger partial charge in [-0.25, -0.2) is 17.8 Å². The third kappa shape index (κ3) is 5.35. The van der Waals surface area contributed by atoms with Crippen molar-refractivity contribution in [1.82, 2.24) is 14.5 Å². The number of para-hydroxylation sites is 1. The van der Waals surface area contributed by atoms with E-state index in [0.29, 0.717) is 24.1 Å². The quantitative estimate of drug-likeness (QED) is 0.542. The van der Waals surface area contributed by atoms with Gasteiger partial charge in [0, 0.05) is 12.0 Å². The van der Waals surface area contributed by atoms with Gasteiger partial charge in [0.05, 0.1) is 11.4 Å². The smallest absolute Gasteiger partial charge is 0.233 e. The van der Waals surface area contributed by atoms with Crippen molar-refractivity contribution in [3.8, 4) is 11.8 Å². The molecule has 7 nitrogen and oxygen atoms in total. The van der Waals surface area contributed by atoms with E-state index in [1.807, 2.05) is 61.5 Å². The van der Waals surface area contributed by atoms with Gasteiger partial charge in [-0.2, -0.15) is 10.4 Å². The molecule has 2 aromatic carbocycles. The van der Waals surface area contributed by atoms with Gasteiger partial charge in [-0.05, 0) is 43.5 Å². The Kier molecular flexibility index (Phi) is 6.67. The van der Waals surface area contributed by atoms with Crippen LogP contribution in [-0.4, -0.2) is 24.7 Å². The Morgan fingerprint density at radius 1 is 1.17 bits per heavy atom. The fraction of sp³-hybridized carbons (Fsp3) is 0.182. The standard InChI is InChI=1S/C22H23N5O2S/c1-17-9-11-18(12-10-17)13-15-30(28,29)25-14-5-8-21-20(16-23)22(24)27(26-21)19-6-3-2-4-7-19/h2-4,6-7,9-13,15,25H,5,8,14,24H2,1H3. The molecule has 0 atom stereocenters. The molecule has 0 radical (unpaired) electrons. The number of nitrogens with one attached hydrogen (secondary N) is 1. The number of rotatable bonds is 8. The Hall–Kier alpha value is -3.41. The van der Waals surface area contributed by atoms with E-state index < -0.39 is 10.0 Å². The second kappa shape index (κ2) is 9.39. The zero-order valence-corrected chi connectivity index (χ0v) is 17.4. The summed E-state index contributed by atoms with van der Waals surface area (Å²) in [6.45, 7) is 2.20. The van der Waals surface area contributed by atoms with Crippen molar-refractivity contribution in [3.63, 3.8) is 0 Å². The number of anilines is 1. The van der Waals surface area contributed by atoms with E-state index in [0.717, 1.165) is 22.2 Å². The van der Waals surface area contributed by atoms with Crippen LogP contribution < -0.4 is 10.5 Å². The third-order valence-electron chi connectivity index (χ3n) is 4.52. The Balaban J connectivity index is 1.60. The first-order valence-corrected chi connectivity index (χ1v) is 11.0. The van der Waals surface area contributed by atoms with Gasteiger partial charge in [0.2, 0.25) is 10.0 Å². The van der Waals surface area contributed by atoms with Gasteiger partial charge in [0.1, 0.15) is 17.5 Å². The number of hydrogen-bond donors (Lipinski definition) is 2. The number of nitrogen functional groups attached to an aromatic ring is 1. The van der Waals surface area contributed by atoms with Crippen molar-refractivity contribution in [2.24, 2.45) is 0 Å². The molecule has 0 fully saturated rings. The van der Waals surface area contributed by atoms with Crippen LogP contribution in [0.5, 0.6) is 0 Å². The second-order valence-electron chi connectivity index (χ2n) is 6.82. The number of sulfonamides is 1. The second-order valence-corrected chi connectivity index (χ2v) is 8.47. The highest BCUT2D eigenvalue weighted by Crippen LogP contribution is 2.21. The van der Waals surface area contributed by atoms with E-state index >= 15 is 0 Å². The van der Waals surface area contributed by atoms with Crippen molar-refractivity contribution in [1.29, 1.82) is 5.26 Å². The average molecular weight is 422 g/mol. The molecule has 3 N–H and O–H groups in total. The van der Waals surface area contributed by atoms with Crippen LogP contribution in [-0.2, 0) is 16.4 Å². The number of hydrogen-bond acceptors (Lipinski definition) is 5. The van der Waals surface area contributed by atoms with Crippen molar-refractivity contribution in [2.45, 2.75) is 19.8 Å². The van der Waals surface area contributed by atoms with Crippen LogP contribution in [0.2, 0.25) is 0 Å². The lowest BCUT2D eigenvalue weighted by Gasteiger charge is -2.03. The van der Waals surface area contributed by atoms with E-state index in [-0.39, 0.29) is 12.4 Å². The summed E-state index contributed by atoms with van der Waals surface area (Å²) in [5.74, 6) is 0.278. The molecule has 0 aliphatic carbocycles. The first-order valence-electron chi connectivity index (χ1n) is 9.47. The zero-order valence-electron chi connectivity index (χ0n) is 16.6. The minimum absolute atomic E-state index is 0.226. The van der Waals surface area contributed by atoms with Crippen LogP contribution >= 0.6 is 0 Å².